The van der Waals surface area contributed by atoms with Crippen LogP contribution in [0.2, 0.25) is 0 Å². The van der Waals surface area contributed by atoms with Crippen LogP contribution in [0.25, 0.3) is 11.3 Å². The SMILES string of the molecule is Cc1cc(-c2cc(CN)co2)cs1. The molecule has 0 aliphatic rings. The van der Waals surface area contributed by atoms with E-state index in [0.717, 1.165) is 16.9 Å². The molecule has 2 heterocycles. The Balaban J connectivity index is 2.35. The molecular formula is C10H11NOS. The Morgan fingerprint density at radius 3 is 2.85 bits per heavy atom. The van der Waals surface area contributed by atoms with Crippen LogP contribution in [-0.2, 0) is 6.54 Å². The molecule has 2 nitrogen and oxygen atoms in total. The molecule has 0 radical (unpaired) electrons. The van der Waals surface area contributed by atoms with Crippen LogP contribution in [0, 0.1) is 6.92 Å². The molecule has 3 heteroatoms. The summed E-state index contributed by atoms with van der Waals surface area (Å²) in [5, 5.41) is 2.09. The Kier molecular flexibility index (Phi) is 2.20. The minimum atomic E-state index is 0.534. The van der Waals surface area contributed by atoms with Crippen LogP contribution < -0.4 is 5.73 Å². The second-order valence-corrected chi connectivity index (χ2v) is 4.08. The molecule has 0 unspecified atom stereocenters. The van der Waals surface area contributed by atoms with E-state index in [1.165, 1.54) is 4.88 Å². The van der Waals surface area contributed by atoms with E-state index in [-0.39, 0.29) is 0 Å². The van der Waals surface area contributed by atoms with E-state index in [4.69, 9.17) is 10.2 Å². The first kappa shape index (κ1) is 8.53. The summed E-state index contributed by atoms with van der Waals surface area (Å²) in [6, 6.07) is 4.10. The largest absolute Gasteiger partial charge is 0.464 e. The minimum Gasteiger partial charge on any atom is -0.464 e. The number of hydrogen-bond acceptors (Lipinski definition) is 3. The van der Waals surface area contributed by atoms with Gasteiger partial charge in [0.2, 0.25) is 0 Å². The Labute approximate surface area is 81.0 Å². The van der Waals surface area contributed by atoms with Gasteiger partial charge in [-0.2, -0.15) is 0 Å². The molecule has 0 spiro atoms. The summed E-state index contributed by atoms with van der Waals surface area (Å²) in [4.78, 5) is 1.29. The molecule has 2 aromatic rings. The van der Waals surface area contributed by atoms with Crippen LogP contribution >= 0.6 is 11.3 Å². The van der Waals surface area contributed by atoms with Crippen LogP contribution in [0.15, 0.2) is 28.2 Å². The fraction of sp³-hybridized carbons (Fsp3) is 0.200. The Bertz CT molecular complexity index is 402. The second kappa shape index (κ2) is 3.36. The molecule has 0 saturated carbocycles. The number of rotatable bonds is 2. The van der Waals surface area contributed by atoms with Crippen molar-refractivity contribution in [1.29, 1.82) is 0 Å². The Morgan fingerprint density at radius 2 is 2.31 bits per heavy atom. The van der Waals surface area contributed by atoms with Gasteiger partial charge in [-0.05, 0) is 19.1 Å². The minimum absolute atomic E-state index is 0.534. The van der Waals surface area contributed by atoms with Crippen LogP contribution in [0.5, 0.6) is 0 Å². The molecule has 68 valence electrons. The summed E-state index contributed by atoms with van der Waals surface area (Å²) in [6.07, 6.45) is 1.71. The summed E-state index contributed by atoms with van der Waals surface area (Å²) in [5.74, 6) is 0.907. The van der Waals surface area contributed by atoms with Crippen LogP contribution in [0.1, 0.15) is 10.4 Å². The lowest BCUT2D eigenvalue weighted by molar-refractivity contribution is 0.579. The monoisotopic (exact) mass is 193 g/mol. The first-order valence-electron chi connectivity index (χ1n) is 4.12. The lowest BCUT2D eigenvalue weighted by Crippen LogP contribution is -1.92. The molecule has 13 heavy (non-hydrogen) atoms. The number of nitrogens with two attached hydrogens (primary N) is 1. The average Bonchev–Trinajstić information content (AvgIpc) is 2.71. The molecule has 0 atom stereocenters. The standard InChI is InChI=1S/C10H11NOS/c1-7-2-9(6-13-7)10-3-8(4-11)5-12-10/h2-3,5-6H,4,11H2,1H3. The molecule has 2 aromatic heterocycles. The molecule has 0 aliphatic carbocycles. The van der Waals surface area contributed by atoms with Gasteiger partial charge in [0.25, 0.3) is 0 Å². The third-order valence-electron chi connectivity index (χ3n) is 1.90. The smallest absolute Gasteiger partial charge is 0.135 e. The van der Waals surface area contributed by atoms with E-state index in [2.05, 4.69) is 18.4 Å². The molecule has 0 amide bonds. The lowest BCUT2D eigenvalue weighted by atomic mass is 10.2. The van der Waals surface area contributed by atoms with Gasteiger partial charge in [0.1, 0.15) is 5.76 Å². The molecule has 0 bridgehead atoms. The zero-order chi connectivity index (χ0) is 9.26. The maximum Gasteiger partial charge on any atom is 0.135 e. The quantitative estimate of drug-likeness (QED) is 0.796. The fourth-order valence-electron chi connectivity index (χ4n) is 1.21. The summed E-state index contributed by atoms with van der Waals surface area (Å²) >= 11 is 1.72. The van der Waals surface area contributed by atoms with Gasteiger partial charge >= 0.3 is 0 Å². The van der Waals surface area contributed by atoms with Crippen molar-refractivity contribution in [3.8, 4) is 11.3 Å². The zero-order valence-electron chi connectivity index (χ0n) is 7.41. The van der Waals surface area contributed by atoms with E-state index in [9.17, 15) is 0 Å². The zero-order valence-corrected chi connectivity index (χ0v) is 8.23. The van der Waals surface area contributed by atoms with Crippen molar-refractivity contribution < 1.29 is 4.42 Å². The molecule has 0 aromatic carbocycles. The van der Waals surface area contributed by atoms with E-state index in [0.29, 0.717) is 6.54 Å². The molecule has 0 fully saturated rings. The van der Waals surface area contributed by atoms with Gasteiger partial charge in [-0.25, -0.2) is 0 Å². The lowest BCUT2D eigenvalue weighted by Gasteiger charge is -1.86. The topological polar surface area (TPSA) is 39.2 Å². The summed E-state index contributed by atoms with van der Waals surface area (Å²) < 4.78 is 5.38. The van der Waals surface area contributed by atoms with Gasteiger partial charge in [-0.1, -0.05) is 0 Å². The fourth-order valence-corrected chi connectivity index (χ4v) is 1.90. The third kappa shape index (κ3) is 1.66. The normalized spacial score (nSPS) is 10.6. The second-order valence-electron chi connectivity index (χ2n) is 2.97. The first-order chi connectivity index (χ1) is 6.29. The van der Waals surface area contributed by atoms with E-state index < -0.39 is 0 Å². The summed E-state index contributed by atoms with van der Waals surface area (Å²) in [5.41, 5.74) is 7.67. The van der Waals surface area contributed by atoms with E-state index >= 15 is 0 Å². The third-order valence-corrected chi connectivity index (χ3v) is 2.77. The van der Waals surface area contributed by atoms with Gasteiger partial charge in [-0.3, -0.25) is 0 Å². The summed E-state index contributed by atoms with van der Waals surface area (Å²) in [7, 11) is 0. The number of furan rings is 1. The van der Waals surface area contributed by atoms with E-state index in [1.54, 1.807) is 17.6 Å². The van der Waals surface area contributed by atoms with Crippen molar-refractivity contribution in [2.45, 2.75) is 13.5 Å². The van der Waals surface area contributed by atoms with Gasteiger partial charge in [0.05, 0.1) is 6.26 Å². The predicted molar refractivity (Wildman–Crippen MR) is 54.6 cm³/mol. The van der Waals surface area contributed by atoms with Crippen molar-refractivity contribution in [1.82, 2.24) is 0 Å². The van der Waals surface area contributed by atoms with Gasteiger partial charge in [0.15, 0.2) is 0 Å². The maximum absolute atomic E-state index is 5.49. The first-order valence-corrected chi connectivity index (χ1v) is 5.00. The van der Waals surface area contributed by atoms with Gasteiger partial charge in [0, 0.05) is 27.9 Å². The van der Waals surface area contributed by atoms with Gasteiger partial charge in [-0.15, -0.1) is 11.3 Å². The van der Waals surface area contributed by atoms with Crippen LogP contribution in [0.4, 0.5) is 0 Å². The molecule has 2 N–H and O–H groups in total. The highest BCUT2D eigenvalue weighted by Crippen LogP contribution is 2.26. The van der Waals surface area contributed by atoms with Crippen molar-refractivity contribution in [3.63, 3.8) is 0 Å². The molecule has 0 saturated heterocycles. The highest BCUT2D eigenvalue weighted by Gasteiger charge is 2.04. The van der Waals surface area contributed by atoms with Crippen molar-refractivity contribution in [2.75, 3.05) is 0 Å². The van der Waals surface area contributed by atoms with Crippen molar-refractivity contribution in [3.05, 3.63) is 34.2 Å². The van der Waals surface area contributed by atoms with Crippen LogP contribution in [0.3, 0.4) is 0 Å². The number of aryl methyl sites for hydroxylation is 1. The number of thiophene rings is 1. The summed E-state index contributed by atoms with van der Waals surface area (Å²) in [6.45, 7) is 2.62. The number of hydrogen-bond donors (Lipinski definition) is 1. The Morgan fingerprint density at radius 1 is 1.46 bits per heavy atom. The molecule has 2 rings (SSSR count). The van der Waals surface area contributed by atoms with Crippen molar-refractivity contribution in [2.24, 2.45) is 5.73 Å². The predicted octanol–water partition coefficient (Wildman–Crippen LogP) is 2.78. The highest BCUT2D eigenvalue weighted by molar-refractivity contribution is 7.10. The van der Waals surface area contributed by atoms with E-state index in [1.807, 2.05) is 6.07 Å². The molecular weight excluding hydrogens is 182 g/mol. The average molecular weight is 193 g/mol. The Hall–Kier alpha value is -1.06. The van der Waals surface area contributed by atoms with Crippen molar-refractivity contribution >= 4 is 11.3 Å². The molecule has 0 aliphatic heterocycles. The van der Waals surface area contributed by atoms with Crippen LogP contribution in [-0.4, -0.2) is 0 Å². The van der Waals surface area contributed by atoms with Gasteiger partial charge < -0.3 is 10.2 Å². The maximum atomic E-state index is 5.49. The highest BCUT2D eigenvalue weighted by atomic mass is 32.1.